The van der Waals surface area contributed by atoms with E-state index in [2.05, 4.69) is 6.92 Å². The lowest BCUT2D eigenvalue weighted by Gasteiger charge is -2.06. The van der Waals surface area contributed by atoms with Gasteiger partial charge in [-0.15, -0.1) is 0 Å². The van der Waals surface area contributed by atoms with E-state index in [-0.39, 0.29) is 6.42 Å². The van der Waals surface area contributed by atoms with Gasteiger partial charge in [-0.2, -0.15) is 0 Å². The Balaban J connectivity index is 2.29. The number of nitrogens with one attached hydrogen (secondary N) is 1. The Morgan fingerprint density at radius 3 is 2.56 bits per heavy atom. The molecule has 1 amide bonds. The van der Waals surface area contributed by atoms with Gasteiger partial charge in [0.15, 0.2) is 0 Å². The zero-order valence-corrected chi connectivity index (χ0v) is 10.8. The van der Waals surface area contributed by atoms with Crippen LogP contribution in [0.2, 0.25) is 0 Å². The summed E-state index contributed by atoms with van der Waals surface area (Å²) >= 11 is 0. The van der Waals surface area contributed by atoms with Crippen molar-refractivity contribution in [1.82, 2.24) is 5.48 Å². The highest BCUT2D eigenvalue weighted by atomic mass is 16.5. The van der Waals surface area contributed by atoms with Crippen LogP contribution in [-0.4, -0.2) is 17.7 Å². The predicted octanol–water partition coefficient (Wildman–Crippen LogP) is 2.69. The highest BCUT2D eigenvalue weighted by molar-refractivity contribution is 5.77. The molecule has 18 heavy (non-hydrogen) atoms. The zero-order chi connectivity index (χ0) is 13.2. The minimum atomic E-state index is -0.414. The molecule has 1 aromatic carbocycles. The van der Waals surface area contributed by atoms with Gasteiger partial charge < -0.3 is 4.74 Å². The molecule has 0 saturated carbocycles. The third-order valence-electron chi connectivity index (χ3n) is 2.68. The Bertz CT molecular complexity index is 349. The van der Waals surface area contributed by atoms with Crippen molar-refractivity contribution in [2.45, 2.75) is 39.0 Å². The van der Waals surface area contributed by atoms with E-state index < -0.39 is 5.91 Å². The van der Waals surface area contributed by atoms with E-state index in [1.807, 2.05) is 24.3 Å². The molecule has 100 valence electrons. The molecule has 0 spiro atoms. The number of carbonyl (C=O) groups is 1. The normalized spacial score (nSPS) is 10.1. The lowest BCUT2D eigenvalue weighted by molar-refractivity contribution is -0.128. The molecule has 0 aliphatic carbocycles. The van der Waals surface area contributed by atoms with Gasteiger partial charge in [-0.25, -0.2) is 5.48 Å². The number of benzene rings is 1. The second-order valence-corrected chi connectivity index (χ2v) is 4.26. The van der Waals surface area contributed by atoms with Crippen molar-refractivity contribution in [3.8, 4) is 5.75 Å². The SMILES string of the molecule is CCCCCCOc1ccc(CC(=O)NO)cc1. The number of unbranched alkanes of at least 4 members (excludes halogenated alkanes) is 3. The third kappa shape index (κ3) is 5.68. The van der Waals surface area contributed by atoms with Crippen LogP contribution in [0.3, 0.4) is 0 Å². The molecule has 0 heterocycles. The standard InChI is InChI=1S/C14H21NO3/c1-2-3-4-5-10-18-13-8-6-12(7-9-13)11-14(16)15-17/h6-9,17H,2-5,10-11H2,1H3,(H,15,16). The minimum absolute atomic E-state index is 0.174. The van der Waals surface area contributed by atoms with Crippen LogP contribution < -0.4 is 10.2 Å². The summed E-state index contributed by atoms with van der Waals surface area (Å²) in [6.45, 7) is 2.92. The predicted molar refractivity (Wildman–Crippen MR) is 69.7 cm³/mol. The first kappa shape index (κ1) is 14.5. The molecule has 1 aromatic rings. The molecule has 0 aromatic heterocycles. The van der Waals surface area contributed by atoms with E-state index in [1.165, 1.54) is 19.3 Å². The molecule has 0 aliphatic rings. The second kappa shape index (κ2) is 8.53. The molecule has 0 bridgehead atoms. The molecule has 0 saturated heterocycles. The molecule has 0 aliphatic heterocycles. The fraction of sp³-hybridized carbons (Fsp3) is 0.500. The first-order valence-corrected chi connectivity index (χ1v) is 6.41. The van der Waals surface area contributed by atoms with Gasteiger partial charge in [0.1, 0.15) is 5.75 Å². The van der Waals surface area contributed by atoms with Gasteiger partial charge in [-0.05, 0) is 24.1 Å². The van der Waals surface area contributed by atoms with Crippen LogP contribution in [0.25, 0.3) is 0 Å². The van der Waals surface area contributed by atoms with Gasteiger partial charge in [0.05, 0.1) is 13.0 Å². The molecule has 0 unspecified atom stereocenters. The van der Waals surface area contributed by atoms with Crippen LogP contribution in [0.1, 0.15) is 38.2 Å². The van der Waals surface area contributed by atoms with Crippen LogP contribution in [0, 0.1) is 0 Å². The van der Waals surface area contributed by atoms with Crippen molar-refractivity contribution in [1.29, 1.82) is 0 Å². The van der Waals surface area contributed by atoms with E-state index in [9.17, 15) is 4.79 Å². The summed E-state index contributed by atoms with van der Waals surface area (Å²) in [5, 5.41) is 8.41. The average molecular weight is 251 g/mol. The summed E-state index contributed by atoms with van der Waals surface area (Å²) in [4.78, 5) is 10.9. The quantitative estimate of drug-likeness (QED) is 0.424. The first-order valence-electron chi connectivity index (χ1n) is 6.41. The van der Waals surface area contributed by atoms with Crippen molar-refractivity contribution in [2.75, 3.05) is 6.61 Å². The molecule has 4 heteroatoms. The van der Waals surface area contributed by atoms with Crippen molar-refractivity contribution in [3.05, 3.63) is 29.8 Å². The number of hydrogen-bond acceptors (Lipinski definition) is 3. The van der Waals surface area contributed by atoms with Crippen LogP contribution >= 0.6 is 0 Å². The maximum atomic E-state index is 10.9. The maximum absolute atomic E-state index is 10.9. The number of hydroxylamine groups is 1. The minimum Gasteiger partial charge on any atom is -0.494 e. The summed E-state index contributed by atoms with van der Waals surface area (Å²) in [5.74, 6) is 0.405. The van der Waals surface area contributed by atoms with Gasteiger partial charge in [0, 0.05) is 0 Å². The zero-order valence-electron chi connectivity index (χ0n) is 10.8. The number of amides is 1. The van der Waals surface area contributed by atoms with E-state index in [1.54, 1.807) is 5.48 Å². The van der Waals surface area contributed by atoms with Crippen LogP contribution in [0.5, 0.6) is 5.75 Å². The summed E-state index contributed by atoms with van der Waals surface area (Å²) in [7, 11) is 0. The molecule has 2 N–H and O–H groups in total. The number of ether oxygens (including phenoxy) is 1. The Hall–Kier alpha value is -1.55. The van der Waals surface area contributed by atoms with E-state index in [4.69, 9.17) is 9.94 Å². The third-order valence-corrected chi connectivity index (χ3v) is 2.68. The molecular weight excluding hydrogens is 230 g/mol. The molecule has 0 radical (unpaired) electrons. The number of hydrogen-bond donors (Lipinski definition) is 2. The Morgan fingerprint density at radius 2 is 1.94 bits per heavy atom. The Kier molecular flexibility index (Phi) is 6.87. The molecule has 0 fully saturated rings. The summed E-state index contributed by atoms with van der Waals surface area (Å²) < 4.78 is 5.59. The van der Waals surface area contributed by atoms with Crippen molar-refractivity contribution in [3.63, 3.8) is 0 Å². The van der Waals surface area contributed by atoms with E-state index >= 15 is 0 Å². The largest absolute Gasteiger partial charge is 0.494 e. The van der Waals surface area contributed by atoms with Gasteiger partial charge >= 0.3 is 0 Å². The summed E-state index contributed by atoms with van der Waals surface area (Å²) in [6, 6.07) is 7.35. The van der Waals surface area contributed by atoms with Crippen molar-refractivity contribution < 1.29 is 14.7 Å². The monoisotopic (exact) mass is 251 g/mol. The van der Waals surface area contributed by atoms with Crippen LogP contribution in [0.4, 0.5) is 0 Å². The fourth-order valence-electron chi connectivity index (χ4n) is 1.65. The molecular formula is C14H21NO3. The van der Waals surface area contributed by atoms with Gasteiger partial charge in [-0.3, -0.25) is 10.0 Å². The Morgan fingerprint density at radius 1 is 1.22 bits per heavy atom. The van der Waals surface area contributed by atoms with Crippen molar-refractivity contribution in [2.24, 2.45) is 0 Å². The highest BCUT2D eigenvalue weighted by Crippen LogP contribution is 2.13. The van der Waals surface area contributed by atoms with Gasteiger partial charge in [-0.1, -0.05) is 38.3 Å². The average Bonchev–Trinajstić information content (AvgIpc) is 2.40. The number of rotatable bonds is 8. The topological polar surface area (TPSA) is 58.6 Å². The maximum Gasteiger partial charge on any atom is 0.247 e. The van der Waals surface area contributed by atoms with Crippen molar-refractivity contribution >= 4 is 5.91 Å². The molecule has 1 rings (SSSR count). The van der Waals surface area contributed by atoms with Gasteiger partial charge in [0.25, 0.3) is 0 Å². The highest BCUT2D eigenvalue weighted by Gasteiger charge is 2.01. The lowest BCUT2D eigenvalue weighted by Crippen LogP contribution is -2.20. The van der Waals surface area contributed by atoms with Gasteiger partial charge in [0.2, 0.25) is 5.91 Å². The van der Waals surface area contributed by atoms with E-state index in [0.29, 0.717) is 0 Å². The summed E-state index contributed by atoms with van der Waals surface area (Å²) in [5.41, 5.74) is 2.46. The summed E-state index contributed by atoms with van der Waals surface area (Å²) in [6.07, 6.45) is 4.92. The smallest absolute Gasteiger partial charge is 0.247 e. The molecule has 0 atom stereocenters. The van der Waals surface area contributed by atoms with E-state index in [0.717, 1.165) is 24.3 Å². The van der Waals surface area contributed by atoms with Crippen LogP contribution in [0.15, 0.2) is 24.3 Å². The molecule has 4 nitrogen and oxygen atoms in total. The lowest BCUT2D eigenvalue weighted by atomic mass is 10.1. The first-order chi connectivity index (χ1) is 8.76. The second-order valence-electron chi connectivity index (χ2n) is 4.26. The number of carbonyl (C=O) groups excluding carboxylic acids is 1. The Labute approximate surface area is 108 Å². The van der Waals surface area contributed by atoms with Crippen LogP contribution in [-0.2, 0) is 11.2 Å². The fourth-order valence-corrected chi connectivity index (χ4v) is 1.65.